The molecule has 0 saturated carbocycles. The van der Waals surface area contributed by atoms with Gasteiger partial charge in [0, 0.05) is 17.0 Å². The van der Waals surface area contributed by atoms with Crippen LogP contribution in [-0.2, 0) is 11.3 Å². The van der Waals surface area contributed by atoms with E-state index in [0.29, 0.717) is 13.0 Å². The molecule has 1 amide bonds. The van der Waals surface area contributed by atoms with Crippen LogP contribution < -0.4 is 16.2 Å². The fourth-order valence-electron chi connectivity index (χ4n) is 3.26. The summed E-state index contributed by atoms with van der Waals surface area (Å²) in [5.74, 6) is -0.289. The number of thiazole rings is 1. The van der Waals surface area contributed by atoms with Gasteiger partial charge in [0.25, 0.3) is 0 Å². The van der Waals surface area contributed by atoms with E-state index in [1.165, 1.54) is 12.1 Å². The summed E-state index contributed by atoms with van der Waals surface area (Å²) in [7, 11) is 0. The Balaban J connectivity index is 1.40. The molecule has 0 bridgehead atoms. The molecular weight excluding hydrogens is 375 g/mol. The van der Waals surface area contributed by atoms with Gasteiger partial charge in [-0.1, -0.05) is 30.3 Å². The monoisotopic (exact) mass is 396 g/mol. The van der Waals surface area contributed by atoms with Crippen molar-refractivity contribution in [1.82, 2.24) is 21.2 Å². The Labute approximate surface area is 167 Å². The van der Waals surface area contributed by atoms with Crippen molar-refractivity contribution < 1.29 is 9.18 Å². The number of aromatic nitrogens is 1. The van der Waals surface area contributed by atoms with Crippen LogP contribution in [0.4, 0.5) is 4.39 Å². The van der Waals surface area contributed by atoms with Crippen molar-refractivity contribution in [3.8, 4) is 10.6 Å². The molecule has 2 aromatic carbocycles. The van der Waals surface area contributed by atoms with Gasteiger partial charge in [-0.3, -0.25) is 4.79 Å². The summed E-state index contributed by atoms with van der Waals surface area (Å²) in [6.07, 6.45) is 0.645. The molecule has 3 N–H and O–H groups in total. The number of hydrazine groups is 1. The number of nitrogens with one attached hydrogen (secondary N) is 3. The first-order chi connectivity index (χ1) is 13.6. The predicted octanol–water partition coefficient (Wildman–Crippen LogP) is 3.48. The summed E-state index contributed by atoms with van der Waals surface area (Å²) in [6.45, 7) is 2.47. The van der Waals surface area contributed by atoms with Gasteiger partial charge >= 0.3 is 0 Å². The molecule has 2 unspecified atom stereocenters. The van der Waals surface area contributed by atoms with Crippen LogP contribution in [0.1, 0.15) is 28.6 Å². The average molecular weight is 396 g/mol. The molecule has 2 atom stereocenters. The molecule has 1 saturated heterocycles. The van der Waals surface area contributed by atoms with E-state index in [9.17, 15) is 9.18 Å². The summed E-state index contributed by atoms with van der Waals surface area (Å²) in [6, 6.07) is 15.9. The average Bonchev–Trinajstić information content (AvgIpc) is 3.34. The van der Waals surface area contributed by atoms with Crippen LogP contribution in [0.2, 0.25) is 0 Å². The van der Waals surface area contributed by atoms with Gasteiger partial charge in [-0.2, -0.15) is 0 Å². The number of nitrogens with zero attached hydrogens (tertiary/aromatic N) is 1. The Bertz CT molecular complexity index is 958. The molecule has 7 heteroatoms. The minimum atomic E-state index is -0.301. The number of amides is 1. The zero-order valence-corrected chi connectivity index (χ0v) is 16.2. The number of hydrogen-bond acceptors (Lipinski definition) is 5. The molecule has 1 aliphatic heterocycles. The Hall–Kier alpha value is -2.61. The number of carbonyl (C=O) groups excluding carboxylic acids is 1. The third-order valence-corrected chi connectivity index (χ3v) is 6.09. The van der Waals surface area contributed by atoms with Crippen LogP contribution in [-0.4, -0.2) is 16.9 Å². The lowest BCUT2D eigenvalue weighted by Gasteiger charge is -2.10. The van der Waals surface area contributed by atoms with Crippen LogP contribution in [0.3, 0.4) is 0 Å². The highest BCUT2D eigenvalue weighted by Gasteiger charge is 2.32. The van der Waals surface area contributed by atoms with E-state index in [1.54, 1.807) is 23.5 Å². The Kier molecular flexibility index (Phi) is 5.47. The molecule has 0 spiro atoms. The van der Waals surface area contributed by atoms with Crippen LogP contribution in [0.25, 0.3) is 10.6 Å². The second-order valence-electron chi connectivity index (χ2n) is 6.81. The predicted molar refractivity (Wildman–Crippen MR) is 108 cm³/mol. The maximum atomic E-state index is 13.1. The van der Waals surface area contributed by atoms with Crippen LogP contribution in [0.15, 0.2) is 54.6 Å². The lowest BCUT2D eigenvalue weighted by molar-refractivity contribution is -0.123. The van der Waals surface area contributed by atoms with Gasteiger partial charge in [0.05, 0.1) is 11.7 Å². The van der Waals surface area contributed by atoms with E-state index < -0.39 is 0 Å². The maximum absolute atomic E-state index is 13.1. The molecule has 0 radical (unpaired) electrons. The van der Waals surface area contributed by atoms with Crippen molar-refractivity contribution in [2.45, 2.75) is 32.0 Å². The first-order valence-corrected chi connectivity index (χ1v) is 9.98. The number of hydrogen-bond donors (Lipinski definition) is 3. The fourth-order valence-corrected chi connectivity index (χ4v) is 4.39. The summed E-state index contributed by atoms with van der Waals surface area (Å²) >= 11 is 1.57. The second kappa shape index (κ2) is 8.18. The maximum Gasteiger partial charge on any atom is 0.238 e. The third kappa shape index (κ3) is 4.11. The molecule has 0 aliphatic carbocycles. The highest BCUT2D eigenvalue weighted by Crippen LogP contribution is 2.34. The summed E-state index contributed by atoms with van der Waals surface area (Å²) in [5, 5.41) is 3.83. The lowest BCUT2D eigenvalue weighted by Crippen LogP contribution is -2.42. The van der Waals surface area contributed by atoms with E-state index in [0.717, 1.165) is 26.7 Å². The molecule has 5 nitrogen and oxygen atoms in total. The van der Waals surface area contributed by atoms with Crippen molar-refractivity contribution in [3.05, 3.63) is 76.5 Å². The van der Waals surface area contributed by atoms with E-state index in [1.807, 2.05) is 37.3 Å². The molecular formula is C21H21FN4OS. The number of halogens is 1. The van der Waals surface area contributed by atoms with E-state index in [2.05, 4.69) is 21.2 Å². The molecule has 28 heavy (non-hydrogen) atoms. The van der Waals surface area contributed by atoms with E-state index >= 15 is 0 Å². The summed E-state index contributed by atoms with van der Waals surface area (Å²) in [5.41, 5.74) is 9.20. The van der Waals surface area contributed by atoms with Crippen molar-refractivity contribution in [2.75, 3.05) is 0 Å². The number of benzene rings is 2. The highest BCUT2D eigenvalue weighted by atomic mass is 32.1. The van der Waals surface area contributed by atoms with Crippen molar-refractivity contribution >= 4 is 17.2 Å². The van der Waals surface area contributed by atoms with Crippen LogP contribution in [0.5, 0.6) is 0 Å². The Morgan fingerprint density at radius 3 is 2.68 bits per heavy atom. The Morgan fingerprint density at radius 1 is 1.18 bits per heavy atom. The van der Waals surface area contributed by atoms with Gasteiger partial charge in [0.2, 0.25) is 5.91 Å². The van der Waals surface area contributed by atoms with Gasteiger partial charge < -0.3 is 5.32 Å². The summed E-state index contributed by atoms with van der Waals surface area (Å²) in [4.78, 5) is 18.2. The number of carbonyl (C=O) groups is 1. The quantitative estimate of drug-likeness (QED) is 0.618. The molecule has 144 valence electrons. The third-order valence-electron chi connectivity index (χ3n) is 4.77. The highest BCUT2D eigenvalue weighted by molar-refractivity contribution is 7.15. The van der Waals surface area contributed by atoms with Crippen LogP contribution in [0, 0.1) is 12.7 Å². The minimum absolute atomic E-state index is 0.0131. The minimum Gasteiger partial charge on any atom is -0.351 e. The standard InChI is InChI=1S/C21H21FN4OS/c1-13-19(28-21(24-13)15-7-9-16(22)10-8-15)17-11-18(26-25-17)20(27)23-12-14-5-3-2-4-6-14/h2-10,17-18,25-26H,11-12H2,1H3,(H,23,27). The Morgan fingerprint density at radius 2 is 1.93 bits per heavy atom. The molecule has 1 aromatic heterocycles. The molecule has 1 aliphatic rings. The van der Waals surface area contributed by atoms with Crippen molar-refractivity contribution in [3.63, 3.8) is 0 Å². The van der Waals surface area contributed by atoms with Gasteiger partial charge in [0.1, 0.15) is 16.9 Å². The van der Waals surface area contributed by atoms with E-state index in [-0.39, 0.29) is 23.8 Å². The van der Waals surface area contributed by atoms with Gasteiger partial charge in [-0.05, 0) is 43.2 Å². The van der Waals surface area contributed by atoms with E-state index in [4.69, 9.17) is 0 Å². The summed E-state index contributed by atoms with van der Waals surface area (Å²) < 4.78 is 13.1. The smallest absolute Gasteiger partial charge is 0.238 e. The topological polar surface area (TPSA) is 66.0 Å². The SMILES string of the molecule is Cc1nc(-c2ccc(F)cc2)sc1C1CC(C(=O)NCc2ccccc2)NN1. The number of aryl methyl sites for hydroxylation is 1. The molecule has 3 aromatic rings. The second-order valence-corrected chi connectivity index (χ2v) is 7.84. The first-order valence-electron chi connectivity index (χ1n) is 9.16. The van der Waals surface area contributed by atoms with Gasteiger partial charge in [0.15, 0.2) is 0 Å². The van der Waals surface area contributed by atoms with Crippen molar-refractivity contribution in [2.24, 2.45) is 0 Å². The molecule has 2 heterocycles. The van der Waals surface area contributed by atoms with Crippen LogP contribution >= 0.6 is 11.3 Å². The lowest BCUT2D eigenvalue weighted by atomic mass is 10.1. The largest absolute Gasteiger partial charge is 0.351 e. The zero-order chi connectivity index (χ0) is 19.5. The number of rotatable bonds is 5. The van der Waals surface area contributed by atoms with Gasteiger partial charge in [-0.25, -0.2) is 20.2 Å². The molecule has 1 fully saturated rings. The first kappa shape index (κ1) is 18.7. The zero-order valence-electron chi connectivity index (χ0n) is 15.4. The van der Waals surface area contributed by atoms with Crippen molar-refractivity contribution in [1.29, 1.82) is 0 Å². The fraction of sp³-hybridized carbons (Fsp3) is 0.238. The van der Waals surface area contributed by atoms with Gasteiger partial charge in [-0.15, -0.1) is 11.3 Å². The molecule has 4 rings (SSSR count). The normalized spacial score (nSPS) is 18.9.